The number of aromatic nitrogens is 3. The maximum Gasteiger partial charge on any atom is 0.358 e. The van der Waals surface area contributed by atoms with E-state index in [0.29, 0.717) is 16.9 Å². The van der Waals surface area contributed by atoms with Gasteiger partial charge in [-0.3, -0.25) is 9.48 Å². The first-order valence-electron chi connectivity index (χ1n) is 7.51. The molecule has 0 atom stereocenters. The summed E-state index contributed by atoms with van der Waals surface area (Å²) >= 11 is 0. The fourth-order valence-corrected chi connectivity index (χ4v) is 2.84. The zero-order chi connectivity index (χ0) is 18.3. The van der Waals surface area contributed by atoms with Gasteiger partial charge in [0.2, 0.25) is 0 Å². The predicted molar refractivity (Wildman–Crippen MR) is 90.1 cm³/mol. The van der Waals surface area contributed by atoms with Gasteiger partial charge in [0.1, 0.15) is 11.5 Å². The van der Waals surface area contributed by atoms with Crippen molar-refractivity contribution in [3.05, 3.63) is 47.2 Å². The van der Waals surface area contributed by atoms with Crippen molar-refractivity contribution in [1.82, 2.24) is 14.3 Å². The summed E-state index contributed by atoms with van der Waals surface area (Å²) in [6.07, 6.45) is 0. The topological polar surface area (TPSA) is 78.2 Å². The molecule has 3 aromatic rings. The Labute approximate surface area is 143 Å². The van der Waals surface area contributed by atoms with Crippen LogP contribution in [0, 0.1) is 12.7 Å². The van der Waals surface area contributed by atoms with Crippen molar-refractivity contribution in [2.75, 3.05) is 12.4 Å². The number of hydrogen-bond acceptors (Lipinski definition) is 4. The van der Waals surface area contributed by atoms with E-state index in [1.165, 1.54) is 23.9 Å². The van der Waals surface area contributed by atoms with E-state index in [9.17, 15) is 14.0 Å². The predicted octanol–water partition coefficient (Wildman–Crippen LogP) is 2.40. The highest BCUT2D eigenvalue weighted by molar-refractivity contribution is 6.09. The Kier molecular flexibility index (Phi) is 4.03. The molecule has 2 aromatic heterocycles. The molecule has 0 bridgehead atoms. The number of benzene rings is 1. The minimum Gasteiger partial charge on any atom is -0.464 e. The van der Waals surface area contributed by atoms with E-state index in [1.807, 2.05) is 0 Å². The number of esters is 1. The van der Waals surface area contributed by atoms with Gasteiger partial charge in [-0.25, -0.2) is 9.18 Å². The van der Waals surface area contributed by atoms with Gasteiger partial charge in [0, 0.05) is 19.5 Å². The lowest BCUT2D eigenvalue weighted by Crippen LogP contribution is -2.18. The molecule has 0 saturated heterocycles. The highest BCUT2D eigenvalue weighted by Crippen LogP contribution is 2.24. The van der Waals surface area contributed by atoms with Crippen LogP contribution in [0.3, 0.4) is 0 Å². The van der Waals surface area contributed by atoms with Crippen LogP contribution in [0.2, 0.25) is 0 Å². The number of nitrogens with one attached hydrogen (secondary N) is 1. The lowest BCUT2D eigenvalue weighted by atomic mass is 10.2. The Morgan fingerprint density at radius 2 is 1.96 bits per heavy atom. The van der Waals surface area contributed by atoms with E-state index in [-0.39, 0.29) is 17.2 Å². The van der Waals surface area contributed by atoms with Crippen molar-refractivity contribution in [3.8, 4) is 0 Å². The first kappa shape index (κ1) is 16.7. The second-order valence-electron chi connectivity index (χ2n) is 5.67. The monoisotopic (exact) mass is 344 g/mol. The number of carbonyl (C=O) groups is 2. The van der Waals surface area contributed by atoms with Gasteiger partial charge in [0.15, 0.2) is 5.69 Å². The molecule has 7 nitrogen and oxygen atoms in total. The van der Waals surface area contributed by atoms with E-state index in [0.717, 1.165) is 5.39 Å². The van der Waals surface area contributed by atoms with Gasteiger partial charge < -0.3 is 14.6 Å². The smallest absolute Gasteiger partial charge is 0.358 e. The second-order valence-corrected chi connectivity index (χ2v) is 5.67. The molecule has 0 saturated carbocycles. The van der Waals surface area contributed by atoms with Gasteiger partial charge in [0.05, 0.1) is 24.0 Å². The van der Waals surface area contributed by atoms with Crippen LogP contribution in [0.4, 0.5) is 10.1 Å². The molecule has 1 aromatic carbocycles. The van der Waals surface area contributed by atoms with Gasteiger partial charge in [-0.2, -0.15) is 5.10 Å². The van der Waals surface area contributed by atoms with E-state index < -0.39 is 11.9 Å². The van der Waals surface area contributed by atoms with Crippen LogP contribution in [0.15, 0.2) is 24.3 Å². The van der Waals surface area contributed by atoms with Crippen LogP contribution < -0.4 is 5.32 Å². The third-order valence-electron chi connectivity index (χ3n) is 4.08. The number of halogens is 1. The number of methoxy groups -OCH3 is 1. The molecule has 25 heavy (non-hydrogen) atoms. The van der Waals surface area contributed by atoms with Crippen molar-refractivity contribution in [2.45, 2.75) is 6.92 Å². The third-order valence-corrected chi connectivity index (χ3v) is 4.08. The minimum atomic E-state index is -0.600. The fourth-order valence-electron chi connectivity index (χ4n) is 2.84. The Bertz CT molecular complexity index is 1000. The largest absolute Gasteiger partial charge is 0.464 e. The molecular weight excluding hydrogens is 327 g/mol. The number of carbonyl (C=O) groups excluding carboxylic acids is 2. The second kappa shape index (κ2) is 6.04. The van der Waals surface area contributed by atoms with Crippen LogP contribution in [-0.4, -0.2) is 33.3 Å². The maximum absolute atomic E-state index is 13.4. The normalized spacial score (nSPS) is 10.9. The van der Waals surface area contributed by atoms with Crippen LogP contribution in [-0.2, 0) is 18.8 Å². The summed E-state index contributed by atoms with van der Waals surface area (Å²) < 4.78 is 21.1. The summed E-state index contributed by atoms with van der Waals surface area (Å²) in [6.45, 7) is 1.68. The molecule has 0 aliphatic rings. The molecule has 0 fully saturated rings. The number of amides is 1. The molecule has 0 unspecified atom stereocenters. The van der Waals surface area contributed by atoms with Crippen LogP contribution in [0.25, 0.3) is 10.9 Å². The Balaban J connectivity index is 2.01. The zero-order valence-corrected chi connectivity index (χ0v) is 14.3. The molecule has 130 valence electrons. The van der Waals surface area contributed by atoms with E-state index in [1.54, 1.807) is 37.7 Å². The summed E-state index contributed by atoms with van der Waals surface area (Å²) in [4.78, 5) is 24.6. The molecule has 3 rings (SSSR count). The quantitative estimate of drug-likeness (QED) is 0.740. The number of rotatable bonds is 3. The molecular formula is C17H17FN4O3. The maximum atomic E-state index is 13.4. The number of hydrogen-bond donors (Lipinski definition) is 1. The van der Waals surface area contributed by atoms with E-state index in [2.05, 4.69) is 10.4 Å². The molecule has 0 aliphatic heterocycles. The van der Waals surface area contributed by atoms with E-state index in [4.69, 9.17) is 4.74 Å². The highest BCUT2D eigenvalue weighted by Gasteiger charge is 2.24. The lowest BCUT2D eigenvalue weighted by molar-refractivity contribution is 0.0589. The van der Waals surface area contributed by atoms with Crippen molar-refractivity contribution < 1.29 is 18.7 Å². The summed E-state index contributed by atoms with van der Waals surface area (Å²) in [5.41, 5.74) is 1.86. The Morgan fingerprint density at radius 1 is 1.24 bits per heavy atom. The lowest BCUT2D eigenvalue weighted by Gasteiger charge is -2.08. The average Bonchev–Trinajstić information content (AvgIpc) is 3.04. The summed E-state index contributed by atoms with van der Waals surface area (Å²) in [7, 11) is 4.53. The average molecular weight is 344 g/mol. The number of nitrogens with zero attached hydrogens (tertiary/aromatic N) is 3. The summed E-state index contributed by atoms with van der Waals surface area (Å²) in [5.74, 6) is -1.41. The molecule has 8 heteroatoms. The van der Waals surface area contributed by atoms with Gasteiger partial charge in [-0.15, -0.1) is 0 Å². The Morgan fingerprint density at radius 3 is 2.64 bits per heavy atom. The van der Waals surface area contributed by atoms with Gasteiger partial charge in [-0.1, -0.05) is 0 Å². The zero-order valence-electron chi connectivity index (χ0n) is 14.3. The van der Waals surface area contributed by atoms with Crippen molar-refractivity contribution >= 4 is 28.5 Å². The van der Waals surface area contributed by atoms with Gasteiger partial charge in [0.25, 0.3) is 5.91 Å². The van der Waals surface area contributed by atoms with Crippen molar-refractivity contribution in [2.24, 2.45) is 14.1 Å². The molecule has 0 radical (unpaired) electrons. The van der Waals surface area contributed by atoms with Crippen LogP contribution in [0.1, 0.15) is 26.7 Å². The number of fused-ring (bicyclic) bond motifs is 1. The highest BCUT2D eigenvalue weighted by atomic mass is 19.1. The van der Waals surface area contributed by atoms with Crippen LogP contribution in [0.5, 0.6) is 0 Å². The third kappa shape index (κ3) is 2.75. The molecule has 0 spiro atoms. The first-order valence-corrected chi connectivity index (χ1v) is 7.51. The first-order chi connectivity index (χ1) is 11.8. The fraction of sp³-hybridized carbons (Fsp3) is 0.235. The number of aryl methyl sites for hydroxylation is 3. The summed E-state index contributed by atoms with van der Waals surface area (Å²) in [5, 5.41) is 7.60. The minimum absolute atomic E-state index is 0.151. The number of anilines is 1. The van der Waals surface area contributed by atoms with Crippen LogP contribution >= 0.6 is 0 Å². The standard InChI is InChI=1S/C17H17FN4O3/c1-9-14(15(17(24)25-4)22(3)20-9)19-16(23)13-7-10-5-6-11(18)8-12(10)21(13)2/h5-8H,1-4H3,(H,19,23). The molecule has 1 N–H and O–H groups in total. The summed E-state index contributed by atoms with van der Waals surface area (Å²) in [6, 6.07) is 5.97. The van der Waals surface area contributed by atoms with E-state index >= 15 is 0 Å². The molecule has 2 heterocycles. The molecule has 0 aliphatic carbocycles. The van der Waals surface area contributed by atoms with Crippen molar-refractivity contribution in [1.29, 1.82) is 0 Å². The van der Waals surface area contributed by atoms with Gasteiger partial charge >= 0.3 is 5.97 Å². The SMILES string of the molecule is COC(=O)c1c(NC(=O)c2cc3ccc(F)cc3n2C)c(C)nn1C. The van der Waals surface area contributed by atoms with Crippen molar-refractivity contribution in [3.63, 3.8) is 0 Å². The Hall–Kier alpha value is -3.16. The van der Waals surface area contributed by atoms with Gasteiger partial charge in [-0.05, 0) is 31.2 Å². The number of ether oxygens (including phenoxy) is 1. The molecule has 1 amide bonds.